The summed E-state index contributed by atoms with van der Waals surface area (Å²) in [5, 5.41) is 2.82. The Morgan fingerprint density at radius 3 is 2.30 bits per heavy atom. The second kappa shape index (κ2) is 11.8. The number of rotatable bonds is 11. The van der Waals surface area contributed by atoms with Crippen LogP contribution in [0.3, 0.4) is 0 Å². The Kier molecular flexibility index (Phi) is 9.40. The minimum atomic E-state index is -3.89. The third kappa shape index (κ3) is 7.56. The molecule has 0 spiro atoms. The van der Waals surface area contributed by atoms with E-state index >= 15 is 0 Å². The number of nitrogens with one attached hydrogen (secondary N) is 1. The van der Waals surface area contributed by atoms with Crippen molar-refractivity contribution in [3.8, 4) is 0 Å². The molecular weight excluding hydrogens is 445 g/mol. The van der Waals surface area contributed by atoms with E-state index in [1.165, 1.54) is 23.1 Å². The van der Waals surface area contributed by atoms with Gasteiger partial charge in [-0.2, -0.15) is 0 Å². The average molecular weight is 478 g/mol. The summed E-state index contributed by atoms with van der Waals surface area (Å²) in [5.41, 5.74) is 1.91. The number of hydrogen-bond donors (Lipinski definition) is 1. The van der Waals surface area contributed by atoms with Crippen LogP contribution in [-0.4, -0.2) is 50.5 Å². The van der Waals surface area contributed by atoms with Gasteiger partial charge in [0.05, 0.1) is 11.9 Å². The zero-order chi connectivity index (χ0) is 24.6. The summed E-state index contributed by atoms with van der Waals surface area (Å²) in [6.07, 6.45) is 2.06. The zero-order valence-corrected chi connectivity index (χ0v) is 20.4. The van der Waals surface area contributed by atoms with Gasteiger partial charge in [0.15, 0.2) is 0 Å². The summed E-state index contributed by atoms with van der Waals surface area (Å²) >= 11 is 0. The topological polar surface area (TPSA) is 86.8 Å². The quantitative estimate of drug-likeness (QED) is 0.538. The van der Waals surface area contributed by atoms with Gasteiger partial charge in [0.25, 0.3) is 0 Å². The van der Waals surface area contributed by atoms with Crippen LogP contribution in [0.25, 0.3) is 0 Å². The molecule has 0 aliphatic rings. The highest BCUT2D eigenvalue weighted by atomic mass is 32.2. The lowest BCUT2D eigenvalue weighted by molar-refractivity contribution is -0.140. The lowest BCUT2D eigenvalue weighted by Gasteiger charge is -2.33. The molecule has 0 aliphatic heterocycles. The van der Waals surface area contributed by atoms with Gasteiger partial charge in [0, 0.05) is 13.1 Å². The molecule has 2 amide bonds. The van der Waals surface area contributed by atoms with Crippen molar-refractivity contribution in [1.29, 1.82) is 0 Å². The maximum atomic E-state index is 13.8. The zero-order valence-electron chi connectivity index (χ0n) is 19.5. The highest BCUT2D eigenvalue weighted by Crippen LogP contribution is 2.20. The van der Waals surface area contributed by atoms with E-state index < -0.39 is 34.3 Å². The van der Waals surface area contributed by atoms with Gasteiger partial charge in [-0.05, 0) is 43.5 Å². The second-order valence-electron chi connectivity index (χ2n) is 7.97. The minimum Gasteiger partial charge on any atom is -0.354 e. The van der Waals surface area contributed by atoms with Gasteiger partial charge in [0.1, 0.15) is 18.4 Å². The highest BCUT2D eigenvalue weighted by Gasteiger charge is 2.31. The molecule has 33 heavy (non-hydrogen) atoms. The van der Waals surface area contributed by atoms with Crippen molar-refractivity contribution >= 4 is 27.5 Å². The molecule has 0 unspecified atom stereocenters. The third-order valence-corrected chi connectivity index (χ3v) is 6.32. The fourth-order valence-corrected chi connectivity index (χ4v) is 4.26. The first-order valence-electron chi connectivity index (χ1n) is 10.9. The number of aryl methyl sites for hydroxylation is 1. The van der Waals surface area contributed by atoms with E-state index in [0.717, 1.165) is 34.2 Å². The summed E-state index contributed by atoms with van der Waals surface area (Å²) < 4.78 is 39.6. The molecule has 2 aromatic carbocycles. The van der Waals surface area contributed by atoms with E-state index in [1.54, 1.807) is 6.92 Å². The van der Waals surface area contributed by atoms with Crippen LogP contribution < -0.4 is 9.62 Å². The summed E-state index contributed by atoms with van der Waals surface area (Å²) in [7, 11) is -3.89. The molecule has 0 fully saturated rings. The largest absolute Gasteiger partial charge is 0.354 e. The van der Waals surface area contributed by atoms with Crippen molar-refractivity contribution < 1.29 is 22.4 Å². The highest BCUT2D eigenvalue weighted by molar-refractivity contribution is 7.92. The van der Waals surface area contributed by atoms with Crippen molar-refractivity contribution in [3.63, 3.8) is 0 Å². The third-order valence-electron chi connectivity index (χ3n) is 5.18. The number of benzene rings is 2. The monoisotopic (exact) mass is 477 g/mol. The number of halogens is 1. The summed E-state index contributed by atoms with van der Waals surface area (Å²) in [6.45, 7) is 5.74. The van der Waals surface area contributed by atoms with Crippen LogP contribution in [0.1, 0.15) is 37.8 Å². The van der Waals surface area contributed by atoms with E-state index in [0.29, 0.717) is 13.0 Å². The van der Waals surface area contributed by atoms with Crippen molar-refractivity contribution in [2.45, 2.75) is 46.2 Å². The summed E-state index contributed by atoms with van der Waals surface area (Å²) in [5.74, 6) is -1.46. The molecule has 0 aromatic heterocycles. The van der Waals surface area contributed by atoms with Crippen LogP contribution >= 0.6 is 0 Å². The molecule has 1 atom stereocenters. The number of hydrogen-bond acceptors (Lipinski definition) is 4. The molecule has 0 saturated carbocycles. The predicted molar refractivity (Wildman–Crippen MR) is 128 cm³/mol. The van der Waals surface area contributed by atoms with Crippen molar-refractivity contribution in [2.75, 3.05) is 23.7 Å². The Morgan fingerprint density at radius 1 is 1.09 bits per heavy atom. The Bertz CT molecular complexity index is 1060. The van der Waals surface area contributed by atoms with E-state index in [-0.39, 0.29) is 18.1 Å². The van der Waals surface area contributed by atoms with Gasteiger partial charge in [-0.15, -0.1) is 0 Å². The van der Waals surface area contributed by atoms with Gasteiger partial charge in [-0.25, -0.2) is 12.8 Å². The molecule has 7 nitrogen and oxygen atoms in total. The van der Waals surface area contributed by atoms with Gasteiger partial charge >= 0.3 is 0 Å². The van der Waals surface area contributed by atoms with E-state index in [9.17, 15) is 22.4 Å². The van der Waals surface area contributed by atoms with E-state index in [1.807, 2.05) is 38.1 Å². The molecule has 0 bridgehead atoms. The van der Waals surface area contributed by atoms with E-state index in [4.69, 9.17) is 0 Å². The number of sulfonamides is 1. The van der Waals surface area contributed by atoms with Gasteiger partial charge < -0.3 is 10.2 Å². The minimum absolute atomic E-state index is 0.0459. The summed E-state index contributed by atoms with van der Waals surface area (Å²) in [4.78, 5) is 27.7. The molecule has 0 radical (unpaired) electrons. The van der Waals surface area contributed by atoms with Crippen LogP contribution in [0, 0.1) is 12.7 Å². The average Bonchev–Trinajstić information content (AvgIpc) is 2.76. The lowest BCUT2D eigenvalue weighted by Crippen LogP contribution is -2.52. The Hall–Kier alpha value is -2.94. The van der Waals surface area contributed by atoms with Crippen molar-refractivity contribution in [3.05, 3.63) is 65.5 Å². The van der Waals surface area contributed by atoms with E-state index in [2.05, 4.69) is 5.32 Å². The molecule has 180 valence electrons. The van der Waals surface area contributed by atoms with Gasteiger partial charge in [-0.1, -0.05) is 49.7 Å². The number of carbonyl (C=O) groups excluding carboxylic acids is 2. The SMILES string of the molecule is CCCNC(=O)[C@H](CC)N(Cc1ccc(C)cc1)C(=O)CN(c1cccc(F)c1)S(C)(=O)=O. The normalized spacial score (nSPS) is 12.2. The molecule has 1 N–H and O–H groups in total. The number of anilines is 1. The molecule has 2 rings (SSSR count). The number of carbonyl (C=O) groups is 2. The molecular formula is C24H32FN3O4S. The molecule has 0 saturated heterocycles. The lowest BCUT2D eigenvalue weighted by atomic mass is 10.1. The standard InChI is InChI=1S/C24H32FN3O4S/c1-5-14-26-24(30)22(6-2)27(16-19-12-10-18(3)11-13-19)23(29)17-28(33(4,31)32)21-9-7-8-20(25)15-21/h7-13,15,22H,5-6,14,16-17H2,1-4H3,(H,26,30)/t22-/m0/s1. The van der Waals surface area contributed by atoms with Crippen LogP contribution in [0.2, 0.25) is 0 Å². The number of amides is 2. The molecule has 9 heteroatoms. The fraction of sp³-hybridized carbons (Fsp3) is 0.417. The van der Waals surface area contributed by atoms with Crippen LogP contribution in [0.5, 0.6) is 0 Å². The van der Waals surface area contributed by atoms with Crippen molar-refractivity contribution in [2.24, 2.45) is 0 Å². The smallest absolute Gasteiger partial charge is 0.244 e. The van der Waals surface area contributed by atoms with Crippen molar-refractivity contribution in [1.82, 2.24) is 10.2 Å². The molecule has 2 aromatic rings. The number of nitrogens with zero attached hydrogens (tertiary/aromatic N) is 2. The Balaban J connectivity index is 2.41. The van der Waals surface area contributed by atoms with Gasteiger partial charge in [0.2, 0.25) is 21.8 Å². The van der Waals surface area contributed by atoms with Crippen LogP contribution in [0.15, 0.2) is 48.5 Å². The maximum Gasteiger partial charge on any atom is 0.244 e. The van der Waals surface area contributed by atoms with Gasteiger partial charge in [-0.3, -0.25) is 13.9 Å². The predicted octanol–water partition coefficient (Wildman–Crippen LogP) is 3.23. The summed E-state index contributed by atoms with van der Waals surface area (Å²) in [6, 6.07) is 11.8. The van der Waals surface area contributed by atoms with Crippen LogP contribution in [-0.2, 0) is 26.2 Å². The molecule has 0 aliphatic carbocycles. The first kappa shape index (κ1) is 26.3. The first-order chi connectivity index (χ1) is 15.6. The first-order valence-corrected chi connectivity index (χ1v) is 12.8. The maximum absolute atomic E-state index is 13.8. The second-order valence-corrected chi connectivity index (χ2v) is 9.88. The van der Waals surface area contributed by atoms with Crippen LogP contribution in [0.4, 0.5) is 10.1 Å². The fourth-order valence-electron chi connectivity index (χ4n) is 3.42. The Labute approximate surface area is 195 Å². The Morgan fingerprint density at radius 2 is 1.76 bits per heavy atom. The molecule has 0 heterocycles.